The van der Waals surface area contributed by atoms with Gasteiger partial charge in [0.1, 0.15) is 29.5 Å². The van der Waals surface area contributed by atoms with Crippen LogP contribution in [0.3, 0.4) is 0 Å². The van der Waals surface area contributed by atoms with Crippen LogP contribution < -0.4 is 25.4 Å². The van der Waals surface area contributed by atoms with Crippen LogP contribution in [-0.4, -0.2) is 68.3 Å². The fraction of sp³-hybridized carbons (Fsp3) is 0.321. The van der Waals surface area contributed by atoms with Crippen LogP contribution in [0.25, 0.3) is 0 Å². The molecule has 218 valence electrons. The minimum Gasteiger partial charge on any atom is -0.490 e. The molecular formula is C28H30F3N5O5. The van der Waals surface area contributed by atoms with Gasteiger partial charge < -0.3 is 30.2 Å². The van der Waals surface area contributed by atoms with Crippen molar-refractivity contribution in [3.8, 4) is 17.2 Å². The van der Waals surface area contributed by atoms with Crippen LogP contribution in [0, 0.1) is 0 Å². The van der Waals surface area contributed by atoms with Crippen LogP contribution >= 0.6 is 0 Å². The zero-order valence-electron chi connectivity index (χ0n) is 22.3. The highest BCUT2D eigenvalue weighted by molar-refractivity contribution is 5.92. The number of morpholine rings is 1. The molecule has 2 heterocycles. The average molecular weight is 574 g/mol. The van der Waals surface area contributed by atoms with Gasteiger partial charge in [0.05, 0.1) is 24.5 Å². The molecule has 41 heavy (non-hydrogen) atoms. The van der Waals surface area contributed by atoms with Gasteiger partial charge in [-0.2, -0.15) is 13.2 Å². The number of pyridine rings is 1. The first-order chi connectivity index (χ1) is 19.7. The molecule has 2 aromatic carbocycles. The Morgan fingerprint density at radius 3 is 2.49 bits per heavy atom. The molecule has 1 fully saturated rings. The van der Waals surface area contributed by atoms with E-state index in [1.807, 2.05) is 0 Å². The van der Waals surface area contributed by atoms with Crippen molar-refractivity contribution in [1.82, 2.24) is 20.5 Å². The fourth-order valence-electron chi connectivity index (χ4n) is 3.93. The number of anilines is 1. The molecule has 0 aliphatic carbocycles. The lowest BCUT2D eigenvalue weighted by Crippen LogP contribution is -2.38. The van der Waals surface area contributed by atoms with Crippen LogP contribution in [-0.2, 0) is 17.5 Å². The first kappa shape index (κ1) is 29.6. The standard InChI is InChI=1S/C28H30F3N5O5/c1-32-26(37)24-17-22(8-9-33-24)41-21-5-2-19(3-6-21)18-34-27(38)35-23-16-20(28(29,30)31)4-7-25(23)40-15-12-36-10-13-39-14-11-36/h2-9,16-17H,10-15,18H2,1H3,(H,32,37)(H2,34,35,38). The number of hydrogen-bond acceptors (Lipinski definition) is 7. The summed E-state index contributed by atoms with van der Waals surface area (Å²) < 4.78 is 56.8. The maximum atomic E-state index is 13.3. The molecule has 0 spiro atoms. The van der Waals surface area contributed by atoms with E-state index in [1.54, 1.807) is 30.3 Å². The van der Waals surface area contributed by atoms with Crippen LogP contribution in [0.4, 0.5) is 23.7 Å². The van der Waals surface area contributed by atoms with Gasteiger partial charge in [-0.3, -0.25) is 14.7 Å². The zero-order valence-corrected chi connectivity index (χ0v) is 22.3. The predicted octanol–water partition coefficient (Wildman–Crippen LogP) is 4.29. The smallest absolute Gasteiger partial charge is 0.416 e. The van der Waals surface area contributed by atoms with E-state index in [-0.39, 0.29) is 36.2 Å². The van der Waals surface area contributed by atoms with Gasteiger partial charge in [-0.15, -0.1) is 0 Å². The van der Waals surface area contributed by atoms with Gasteiger partial charge in [0.2, 0.25) is 0 Å². The number of carbonyl (C=O) groups is 2. The quantitative estimate of drug-likeness (QED) is 0.332. The van der Waals surface area contributed by atoms with E-state index in [2.05, 4.69) is 25.8 Å². The maximum Gasteiger partial charge on any atom is 0.416 e. The van der Waals surface area contributed by atoms with Gasteiger partial charge in [0.25, 0.3) is 5.91 Å². The minimum atomic E-state index is -4.58. The number of alkyl halides is 3. The van der Waals surface area contributed by atoms with E-state index in [9.17, 15) is 22.8 Å². The van der Waals surface area contributed by atoms with Crippen molar-refractivity contribution in [1.29, 1.82) is 0 Å². The largest absolute Gasteiger partial charge is 0.490 e. The Labute approximate surface area is 234 Å². The molecule has 4 rings (SSSR count). The van der Waals surface area contributed by atoms with Gasteiger partial charge in [-0.25, -0.2) is 4.79 Å². The molecule has 3 N–H and O–H groups in total. The predicted molar refractivity (Wildman–Crippen MR) is 144 cm³/mol. The summed E-state index contributed by atoms with van der Waals surface area (Å²) in [6, 6.07) is 12.2. The third-order valence-corrected chi connectivity index (χ3v) is 6.13. The third kappa shape index (κ3) is 8.82. The number of ether oxygens (including phenoxy) is 3. The Balaban J connectivity index is 1.33. The Morgan fingerprint density at radius 2 is 1.78 bits per heavy atom. The average Bonchev–Trinajstić information content (AvgIpc) is 2.97. The first-order valence-electron chi connectivity index (χ1n) is 12.8. The number of carbonyl (C=O) groups excluding carboxylic acids is 2. The van der Waals surface area contributed by atoms with Gasteiger partial charge in [0, 0.05) is 45.5 Å². The number of nitrogens with zero attached hydrogens (tertiary/aromatic N) is 2. The van der Waals surface area contributed by atoms with E-state index >= 15 is 0 Å². The summed E-state index contributed by atoms with van der Waals surface area (Å²) in [4.78, 5) is 30.5. The fourth-order valence-corrected chi connectivity index (χ4v) is 3.93. The van der Waals surface area contributed by atoms with E-state index in [0.717, 1.165) is 30.8 Å². The van der Waals surface area contributed by atoms with Gasteiger partial charge >= 0.3 is 12.2 Å². The van der Waals surface area contributed by atoms with Crippen molar-refractivity contribution in [2.45, 2.75) is 12.7 Å². The molecule has 3 aromatic rings. The lowest BCUT2D eigenvalue weighted by Gasteiger charge is -2.26. The highest BCUT2D eigenvalue weighted by Crippen LogP contribution is 2.35. The second-order valence-corrected chi connectivity index (χ2v) is 9.02. The summed E-state index contributed by atoms with van der Waals surface area (Å²) in [7, 11) is 1.50. The highest BCUT2D eigenvalue weighted by Gasteiger charge is 2.31. The summed E-state index contributed by atoms with van der Waals surface area (Å²) in [6.45, 7) is 3.66. The Hall–Kier alpha value is -4.36. The molecule has 0 saturated carbocycles. The van der Waals surface area contributed by atoms with Crippen molar-refractivity contribution in [2.75, 3.05) is 51.8 Å². The van der Waals surface area contributed by atoms with Gasteiger partial charge in [-0.05, 0) is 42.0 Å². The Kier molecular flexibility index (Phi) is 9.98. The van der Waals surface area contributed by atoms with E-state index in [0.29, 0.717) is 31.3 Å². The first-order valence-corrected chi connectivity index (χ1v) is 12.8. The van der Waals surface area contributed by atoms with E-state index in [4.69, 9.17) is 14.2 Å². The molecule has 0 atom stereocenters. The number of benzene rings is 2. The molecular weight excluding hydrogens is 543 g/mol. The van der Waals surface area contributed by atoms with Gasteiger partial charge in [0.15, 0.2) is 0 Å². The number of urea groups is 1. The number of rotatable bonds is 10. The second kappa shape index (κ2) is 13.8. The normalized spacial score (nSPS) is 13.8. The topological polar surface area (TPSA) is 114 Å². The summed E-state index contributed by atoms with van der Waals surface area (Å²) in [5.41, 5.74) is -0.0559. The van der Waals surface area contributed by atoms with Crippen molar-refractivity contribution in [3.05, 3.63) is 77.6 Å². The van der Waals surface area contributed by atoms with Gasteiger partial charge in [-0.1, -0.05) is 12.1 Å². The van der Waals surface area contributed by atoms with Crippen molar-refractivity contribution < 1.29 is 37.0 Å². The van der Waals surface area contributed by atoms with Crippen LogP contribution in [0.2, 0.25) is 0 Å². The van der Waals surface area contributed by atoms with E-state index < -0.39 is 17.8 Å². The maximum absolute atomic E-state index is 13.3. The van der Waals surface area contributed by atoms with Crippen molar-refractivity contribution in [2.24, 2.45) is 0 Å². The second-order valence-electron chi connectivity index (χ2n) is 9.02. The molecule has 0 radical (unpaired) electrons. The lowest BCUT2D eigenvalue weighted by molar-refractivity contribution is -0.137. The molecule has 0 unspecified atom stereocenters. The highest BCUT2D eigenvalue weighted by atomic mass is 19.4. The SMILES string of the molecule is CNC(=O)c1cc(Oc2ccc(CNC(=O)Nc3cc(C(F)(F)F)ccc3OCCN3CCOCC3)cc2)ccn1. The summed E-state index contributed by atoms with van der Waals surface area (Å²) >= 11 is 0. The number of halogens is 3. The third-order valence-electron chi connectivity index (χ3n) is 6.13. The van der Waals surface area contributed by atoms with Crippen LogP contribution in [0.1, 0.15) is 21.6 Å². The molecule has 10 nitrogen and oxygen atoms in total. The van der Waals surface area contributed by atoms with Crippen LogP contribution in [0.15, 0.2) is 60.8 Å². The number of amides is 3. The Morgan fingerprint density at radius 1 is 1.02 bits per heavy atom. The summed E-state index contributed by atoms with van der Waals surface area (Å²) in [6.07, 6.45) is -3.12. The molecule has 1 aliphatic heterocycles. The molecule has 13 heteroatoms. The molecule has 1 saturated heterocycles. The number of nitrogens with one attached hydrogen (secondary N) is 3. The van der Waals surface area contributed by atoms with Crippen molar-refractivity contribution >= 4 is 17.6 Å². The number of aromatic nitrogens is 1. The minimum absolute atomic E-state index is 0.0866. The zero-order chi connectivity index (χ0) is 29.2. The van der Waals surface area contributed by atoms with Crippen molar-refractivity contribution in [3.63, 3.8) is 0 Å². The number of hydrogen-bond donors (Lipinski definition) is 3. The Bertz CT molecular complexity index is 1330. The molecule has 3 amide bonds. The van der Waals surface area contributed by atoms with Crippen LogP contribution in [0.5, 0.6) is 17.2 Å². The van der Waals surface area contributed by atoms with E-state index in [1.165, 1.54) is 25.4 Å². The monoisotopic (exact) mass is 573 g/mol. The molecule has 0 bridgehead atoms. The molecule has 1 aliphatic rings. The lowest BCUT2D eigenvalue weighted by atomic mass is 10.1. The molecule has 1 aromatic heterocycles. The summed E-state index contributed by atoms with van der Waals surface area (Å²) in [5.74, 6) is 0.716. The summed E-state index contributed by atoms with van der Waals surface area (Å²) in [5, 5.41) is 7.60.